The van der Waals surface area contributed by atoms with E-state index in [1.165, 1.54) is 12.1 Å². The molecule has 0 heterocycles. The molecule has 0 saturated carbocycles. The molecular formula is C13H14O4S. The van der Waals surface area contributed by atoms with Gasteiger partial charge in [-0.3, -0.25) is 4.55 Å². The molecule has 2 rings (SSSR count). The maximum atomic E-state index is 11.1. The molecule has 5 heteroatoms. The minimum Gasteiger partial charge on any atom is -0.496 e. The Balaban J connectivity index is 2.84. The topological polar surface area (TPSA) is 63.6 Å². The fourth-order valence-corrected chi connectivity index (χ4v) is 2.57. The zero-order valence-electron chi connectivity index (χ0n) is 10.4. The monoisotopic (exact) mass is 266 g/mol. The molecule has 0 aliphatic carbocycles. The second-order valence-electron chi connectivity index (χ2n) is 4.20. The van der Waals surface area contributed by atoms with E-state index in [1.807, 2.05) is 19.9 Å². The standard InChI is InChI=1S/C13H14O4S/c1-8-6-13(17-3)9(2)11-5-4-10(7-12(8)11)18(14,15)16/h4-7H,1-3H3,(H,14,15,16). The van der Waals surface area contributed by atoms with Crippen LogP contribution in [0.1, 0.15) is 11.1 Å². The number of rotatable bonds is 2. The molecule has 4 nitrogen and oxygen atoms in total. The van der Waals surface area contributed by atoms with Gasteiger partial charge in [0.1, 0.15) is 5.75 Å². The lowest BCUT2D eigenvalue weighted by Crippen LogP contribution is -1.98. The molecule has 0 spiro atoms. The van der Waals surface area contributed by atoms with Crippen molar-refractivity contribution in [1.29, 1.82) is 0 Å². The molecular weight excluding hydrogens is 252 g/mol. The number of ether oxygens (including phenoxy) is 1. The molecule has 2 aromatic rings. The first kappa shape index (κ1) is 12.9. The third-order valence-corrected chi connectivity index (χ3v) is 3.90. The van der Waals surface area contributed by atoms with Gasteiger partial charge in [0.2, 0.25) is 0 Å². The van der Waals surface area contributed by atoms with Gasteiger partial charge in [0, 0.05) is 0 Å². The van der Waals surface area contributed by atoms with Crippen LogP contribution in [0, 0.1) is 13.8 Å². The number of fused-ring (bicyclic) bond motifs is 1. The Hall–Kier alpha value is -1.59. The van der Waals surface area contributed by atoms with Gasteiger partial charge in [0.15, 0.2) is 0 Å². The molecule has 0 aliphatic rings. The van der Waals surface area contributed by atoms with Gasteiger partial charge in [-0.05, 0) is 53.9 Å². The predicted molar refractivity (Wildman–Crippen MR) is 69.8 cm³/mol. The Morgan fingerprint density at radius 2 is 1.78 bits per heavy atom. The van der Waals surface area contributed by atoms with Crippen LogP contribution in [0.3, 0.4) is 0 Å². The molecule has 2 aromatic carbocycles. The zero-order chi connectivity index (χ0) is 13.5. The van der Waals surface area contributed by atoms with Crippen molar-refractivity contribution in [2.45, 2.75) is 18.7 Å². The molecule has 18 heavy (non-hydrogen) atoms. The highest BCUT2D eigenvalue weighted by Crippen LogP contribution is 2.31. The first-order valence-electron chi connectivity index (χ1n) is 5.40. The Kier molecular flexibility index (Phi) is 3.04. The van der Waals surface area contributed by atoms with Gasteiger partial charge in [0.25, 0.3) is 10.1 Å². The van der Waals surface area contributed by atoms with Crippen LogP contribution in [-0.4, -0.2) is 20.1 Å². The minimum atomic E-state index is -4.17. The summed E-state index contributed by atoms with van der Waals surface area (Å²) in [5.41, 5.74) is 1.85. The van der Waals surface area contributed by atoms with Gasteiger partial charge in [-0.25, -0.2) is 0 Å². The summed E-state index contributed by atoms with van der Waals surface area (Å²) in [5, 5.41) is 1.71. The highest BCUT2D eigenvalue weighted by Gasteiger charge is 2.13. The van der Waals surface area contributed by atoms with E-state index in [2.05, 4.69) is 0 Å². The van der Waals surface area contributed by atoms with Crippen molar-refractivity contribution in [2.24, 2.45) is 0 Å². The van der Waals surface area contributed by atoms with Gasteiger partial charge in [-0.1, -0.05) is 6.07 Å². The second kappa shape index (κ2) is 4.26. The lowest BCUT2D eigenvalue weighted by molar-refractivity contribution is 0.412. The molecule has 1 N–H and O–H groups in total. The Labute approximate surface area is 106 Å². The van der Waals surface area contributed by atoms with Crippen molar-refractivity contribution in [1.82, 2.24) is 0 Å². The van der Waals surface area contributed by atoms with E-state index in [4.69, 9.17) is 9.29 Å². The van der Waals surface area contributed by atoms with Crippen molar-refractivity contribution in [3.05, 3.63) is 35.4 Å². The molecule has 0 atom stereocenters. The Morgan fingerprint density at radius 3 is 2.33 bits per heavy atom. The van der Waals surface area contributed by atoms with E-state index in [0.717, 1.165) is 27.6 Å². The normalized spacial score (nSPS) is 11.8. The summed E-state index contributed by atoms with van der Waals surface area (Å²) < 4.78 is 36.6. The molecule has 0 radical (unpaired) electrons. The lowest BCUT2D eigenvalue weighted by Gasteiger charge is -2.11. The number of benzene rings is 2. The summed E-state index contributed by atoms with van der Waals surface area (Å²) in [5.74, 6) is 0.764. The van der Waals surface area contributed by atoms with Crippen LogP contribution in [0.15, 0.2) is 29.2 Å². The van der Waals surface area contributed by atoms with Crippen LogP contribution in [0.5, 0.6) is 5.75 Å². The van der Waals surface area contributed by atoms with E-state index in [1.54, 1.807) is 13.2 Å². The number of aryl methyl sites for hydroxylation is 2. The second-order valence-corrected chi connectivity index (χ2v) is 5.62. The van der Waals surface area contributed by atoms with E-state index in [0.29, 0.717) is 0 Å². The molecule has 0 fully saturated rings. The van der Waals surface area contributed by atoms with Gasteiger partial charge in [-0.2, -0.15) is 8.42 Å². The lowest BCUT2D eigenvalue weighted by atomic mass is 10.0. The minimum absolute atomic E-state index is 0.0948. The SMILES string of the molecule is COc1cc(C)c2cc(S(=O)(=O)O)ccc2c1C. The number of hydrogen-bond donors (Lipinski definition) is 1. The Morgan fingerprint density at radius 1 is 1.11 bits per heavy atom. The molecule has 0 unspecified atom stereocenters. The van der Waals surface area contributed by atoms with Gasteiger partial charge < -0.3 is 4.74 Å². The van der Waals surface area contributed by atoms with Crippen molar-refractivity contribution in [3.8, 4) is 5.75 Å². The van der Waals surface area contributed by atoms with Crippen LogP contribution in [-0.2, 0) is 10.1 Å². The fraction of sp³-hybridized carbons (Fsp3) is 0.231. The maximum absolute atomic E-state index is 11.1. The highest BCUT2D eigenvalue weighted by atomic mass is 32.2. The van der Waals surface area contributed by atoms with E-state index in [-0.39, 0.29) is 4.90 Å². The average Bonchev–Trinajstić information content (AvgIpc) is 2.32. The molecule has 0 aliphatic heterocycles. The average molecular weight is 266 g/mol. The highest BCUT2D eigenvalue weighted by molar-refractivity contribution is 7.85. The van der Waals surface area contributed by atoms with Gasteiger partial charge >= 0.3 is 0 Å². The summed E-state index contributed by atoms with van der Waals surface area (Å²) >= 11 is 0. The van der Waals surface area contributed by atoms with Crippen molar-refractivity contribution in [2.75, 3.05) is 7.11 Å². The number of hydrogen-bond acceptors (Lipinski definition) is 3. The first-order valence-corrected chi connectivity index (χ1v) is 6.84. The summed E-state index contributed by atoms with van der Waals surface area (Å²) in [6.07, 6.45) is 0. The summed E-state index contributed by atoms with van der Waals surface area (Å²) in [6, 6.07) is 6.41. The molecule has 0 bridgehead atoms. The molecule has 96 valence electrons. The smallest absolute Gasteiger partial charge is 0.294 e. The molecule has 0 aromatic heterocycles. The van der Waals surface area contributed by atoms with Crippen LogP contribution < -0.4 is 4.74 Å². The van der Waals surface area contributed by atoms with Crippen LogP contribution in [0.4, 0.5) is 0 Å². The van der Waals surface area contributed by atoms with Crippen molar-refractivity contribution in [3.63, 3.8) is 0 Å². The van der Waals surface area contributed by atoms with Crippen LogP contribution in [0.2, 0.25) is 0 Å². The number of methoxy groups -OCH3 is 1. The first-order chi connectivity index (χ1) is 8.34. The maximum Gasteiger partial charge on any atom is 0.294 e. The van der Waals surface area contributed by atoms with Crippen LogP contribution in [0.25, 0.3) is 10.8 Å². The van der Waals surface area contributed by atoms with Gasteiger partial charge in [0.05, 0.1) is 12.0 Å². The summed E-state index contributed by atoms with van der Waals surface area (Å²) in [4.78, 5) is -0.0948. The molecule has 0 saturated heterocycles. The zero-order valence-corrected chi connectivity index (χ0v) is 11.2. The van der Waals surface area contributed by atoms with E-state index in [9.17, 15) is 8.42 Å². The quantitative estimate of drug-likeness (QED) is 0.849. The third kappa shape index (κ3) is 2.07. The van der Waals surface area contributed by atoms with Crippen molar-refractivity contribution >= 4 is 20.9 Å². The predicted octanol–water partition coefficient (Wildman–Crippen LogP) is 2.71. The van der Waals surface area contributed by atoms with E-state index >= 15 is 0 Å². The van der Waals surface area contributed by atoms with Gasteiger partial charge in [-0.15, -0.1) is 0 Å². The third-order valence-electron chi connectivity index (χ3n) is 3.05. The summed E-state index contributed by atoms with van der Waals surface area (Å²) in [7, 11) is -2.57. The molecule has 0 amide bonds. The Bertz CT molecular complexity index is 717. The van der Waals surface area contributed by atoms with E-state index < -0.39 is 10.1 Å². The fourth-order valence-electron chi connectivity index (χ4n) is 2.06. The van der Waals surface area contributed by atoms with Crippen molar-refractivity contribution < 1.29 is 17.7 Å². The summed E-state index contributed by atoms with van der Waals surface area (Å²) in [6.45, 7) is 3.78. The van der Waals surface area contributed by atoms with Crippen LogP contribution >= 0.6 is 0 Å². The largest absolute Gasteiger partial charge is 0.496 e.